The summed E-state index contributed by atoms with van der Waals surface area (Å²) in [5.41, 5.74) is 24.0. The topological polar surface area (TPSA) is 6.48 Å². The molecule has 0 bridgehead atoms. The molecule has 0 radical (unpaired) electrons. The van der Waals surface area contributed by atoms with Crippen LogP contribution in [0.1, 0.15) is 52.7 Å². The molecule has 0 unspecified atom stereocenters. The molecule has 13 rings (SSSR count). The number of hydrogen-bond donors (Lipinski definition) is 0. The molecule has 12 aromatic rings. The van der Waals surface area contributed by atoms with Gasteiger partial charge in [-0.15, -0.1) is 0 Å². The van der Waals surface area contributed by atoms with Gasteiger partial charge in [-0.3, -0.25) is 0 Å². The summed E-state index contributed by atoms with van der Waals surface area (Å²) in [5.74, 6) is 0. The Kier molecular flexibility index (Phi) is 12.0. The Balaban J connectivity index is 1.19. The zero-order valence-electron chi connectivity index (χ0n) is 45.3. The quantitative estimate of drug-likeness (QED) is 0.135. The van der Waals surface area contributed by atoms with E-state index in [2.05, 4.69) is 318 Å². The van der Waals surface area contributed by atoms with Crippen LogP contribution in [0.4, 0.5) is 34.1 Å². The number of nitrogens with zero attached hydrogens (tertiary/aromatic N) is 2. The van der Waals surface area contributed by atoms with Crippen LogP contribution in [0, 0.1) is 0 Å². The Morgan fingerprint density at radius 3 is 0.769 bits per heavy atom. The van der Waals surface area contributed by atoms with Crippen molar-refractivity contribution in [2.24, 2.45) is 0 Å². The van der Waals surface area contributed by atoms with E-state index in [1.807, 2.05) is 0 Å². The molecule has 0 aliphatic heterocycles. The lowest BCUT2D eigenvalue weighted by molar-refractivity contribution is 0.590. The average molecular weight is 1000 g/mol. The smallest absolute Gasteiger partial charge is 0.0498 e. The molecule has 0 amide bonds. The molecular weight excluding hydrogens is 941 g/mol. The lowest BCUT2D eigenvalue weighted by Gasteiger charge is -2.38. The summed E-state index contributed by atoms with van der Waals surface area (Å²) in [6, 6.07) is 98.8. The van der Waals surface area contributed by atoms with Gasteiger partial charge < -0.3 is 9.80 Å². The molecule has 1 aliphatic carbocycles. The first-order valence-electron chi connectivity index (χ1n) is 27.4. The number of rotatable bonds is 10. The Hall–Kier alpha value is -9.24. The van der Waals surface area contributed by atoms with Crippen molar-refractivity contribution in [3.05, 3.63) is 278 Å². The number of benzene rings is 12. The Bertz CT molecular complexity index is 3880. The van der Waals surface area contributed by atoms with Crippen molar-refractivity contribution in [1.29, 1.82) is 0 Å². The van der Waals surface area contributed by atoms with Gasteiger partial charge in [0.15, 0.2) is 0 Å². The van der Waals surface area contributed by atoms with Gasteiger partial charge in [-0.2, -0.15) is 0 Å². The van der Waals surface area contributed by atoms with Gasteiger partial charge in [-0.1, -0.05) is 248 Å². The molecule has 376 valence electrons. The third-order valence-corrected chi connectivity index (χ3v) is 15.8. The third kappa shape index (κ3) is 8.28. The van der Waals surface area contributed by atoms with Gasteiger partial charge in [0.2, 0.25) is 0 Å². The molecule has 12 aromatic carbocycles. The number of fused-ring (bicyclic) bond motifs is 6. The van der Waals surface area contributed by atoms with Crippen molar-refractivity contribution in [1.82, 2.24) is 0 Å². The van der Waals surface area contributed by atoms with Crippen LogP contribution in [-0.2, 0) is 10.8 Å². The predicted molar refractivity (Wildman–Crippen MR) is 334 cm³/mol. The second-order valence-electron chi connectivity index (χ2n) is 22.8. The standard InChI is InChI=1S/C76H62N2/c1-75(2,3)63-41-25-27-43-65(63)77(55-37-21-11-22-38-55)57-45-47-59-61(49-57)69(53-33-17-9-18-34-53)73-71(67(59)51-29-13-7-14-30-51)74-70(54-35-19-10-20-36-54)62-50-58(46-48-60(62)68(72(73)74)52-31-15-8-16-32-52)78(56-39-23-12-24-40-56)66-44-28-26-42-64(66)76(4,5)6/h7-50H,1-6H3. The predicted octanol–water partition coefficient (Wildman–Crippen LogP) is 21.8. The summed E-state index contributed by atoms with van der Waals surface area (Å²) in [4.78, 5) is 4.94. The minimum Gasteiger partial charge on any atom is -0.310 e. The maximum atomic E-state index is 2.48. The van der Waals surface area contributed by atoms with Crippen LogP contribution in [0.25, 0.3) is 88.3 Å². The monoisotopic (exact) mass is 1000 g/mol. The van der Waals surface area contributed by atoms with E-state index in [1.54, 1.807) is 0 Å². The number of hydrogen-bond acceptors (Lipinski definition) is 2. The maximum absolute atomic E-state index is 2.48. The lowest BCUT2D eigenvalue weighted by atomic mass is 9.65. The van der Waals surface area contributed by atoms with Crippen molar-refractivity contribution in [2.75, 3.05) is 9.80 Å². The molecule has 0 saturated heterocycles. The first kappa shape index (κ1) is 48.4. The van der Waals surface area contributed by atoms with Crippen molar-refractivity contribution in [3.8, 4) is 66.8 Å². The van der Waals surface area contributed by atoms with E-state index >= 15 is 0 Å². The summed E-state index contributed by atoms with van der Waals surface area (Å²) in [6.07, 6.45) is 0. The van der Waals surface area contributed by atoms with Crippen LogP contribution >= 0.6 is 0 Å². The second kappa shape index (κ2) is 19.4. The molecular formula is C76H62N2. The van der Waals surface area contributed by atoms with E-state index in [-0.39, 0.29) is 10.8 Å². The number of anilines is 6. The molecule has 2 nitrogen and oxygen atoms in total. The molecule has 0 atom stereocenters. The first-order chi connectivity index (χ1) is 38.0. The second-order valence-corrected chi connectivity index (χ2v) is 22.8. The molecule has 0 heterocycles. The Morgan fingerprint density at radius 2 is 0.474 bits per heavy atom. The Labute approximate surface area is 460 Å². The normalized spacial score (nSPS) is 12.0. The molecule has 1 aliphatic rings. The molecule has 78 heavy (non-hydrogen) atoms. The SMILES string of the molecule is CC(C)(C)c1ccccc1N(c1ccccc1)c1ccc2c(-c3ccccc3)c3c(c(-c4ccccc4)c2c1)-c1c-3c(-c2ccccc2)c2cc(N(c3ccccc3)c3ccccc3C(C)(C)C)ccc2c1-c1ccccc1. The fourth-order valence-electron chi connectivity index (χ4n) is 12.4. The van der Waals surface area contributed by atoms with Crippen LogP contribution < -0.4 is 9.80 Å². The highest BCUT2D eigenvalue weighted by molar-refractivity contribution is 6.33. The van der Waals surface area contributed by atoms with E-state index in [4.69, 9.17) is 0 Å². The van der Waals surface area contributed by atoms with Crippen LogP contribution in [-0.4, -0.2) is 0 Å². The summed E-state index contributed by atoms with van der Waals surface area (Å²) in [7, 11) is 0. The van der Waals surface area contributed by atoms with Crippen LogP contribution in [0.2, 0.25) is 0 Å². The van der Waals surface area contributed by atoms with E-state index in [0.29, 0.717) is 0 Å². The van der Waals surface area contributed by atoms with Gasteiger partial charge in [0.1, 0.15) is 0 Å². The molecule has 0 saturated carbocycles. The van der Waals surface area contributed by atoms with Crippen molar-refractivity contribution in [2.45, 2.75) is 52.4 Å². The zero-order chi connectivity index (χ0) is 53.1. The molecule has 0 N–H and O–H groups in total. The number of para-hydroxylation sites is 4. The van der Waals surface area contributed by atoms with Gasteiger partial charge in [-0.25, -0.2) is 0 Å². The molecule has 0 fully saturated rings. The van der Waals surface area contributed by atoms with Gasteiger partial charge in [0, 0.05) is 34.1 Å². The fourth-order valence-corrected chi connectivity index (χ4v) is 12.4. The van der Waals surface area contributed by atoms with E-state index < -0.39 is 0 Å². The maximum Gasteiger partial charge on any atom is 0.0498 e. The highest BCUT2D eigenvalue weighted by Gasteiger charge is 2.39. The van der Waals surface area contributed by atoms with Gasteiger partial charge in [-0.05, 0) is 171 Å². The molecule has 0 spiro atoms. The van der Waals surface area contributed by atoms with E-state index in [1.165, 1.54) is 111 Å². The Morgan fingerprint density at radius 1 is 0.218 bits per heavy atom. The highest BCUT2D eigenvalue weighted by Crippen LogP contribution is 2.66. The van der Waals surface area contributed by atoms with Gasteiger partial charge in [0.25, 0.3) is 0 Å². The summed E-state index contributed by atoms with van der Waals surface area (Å²) in [5, 5.41) is 4.85. The van der Waals surface area contributed by atoms with Crippen LogP contribution in [0.15, 0.2) is 267 Å². The van der Waals surface area contributed by atoms with E-state index in [9.17, 15) is 0 Å². The summed E-state index contributed by atoms with van der Waals surface area (Å²) < 4.78 is 0. The first-order valence-corrected chi connectivity index (χ1v) is 27.4. The van der Waals surface area contributed by atoms with Crippen molar-refractivity contribution >= 4 is 55.7 Å². The molecule has 0 aromatic heterocycles. The average Bonchev–Trinajstić information content (AvgIpc) is 3.53. The fraction of sp³-hybridized carbons (Fsp3) is 0.105. The van der Waals surface area contributed by atoms with Crippen LogP contribution in [0.3, 0.4) is 0 Å². The van der Waals surface area contributed by atoms with Crippen LogP contribution in [0.5, 0.6) is 0 Å². The summed E-state index contributed by atoms with van der Waals surface area (Å²) >= 11 is 0. The zero-order valence-corrected chi connectivity index (χ0v) is 45.3. The van der Waals surface area contributed by atoms with Crippen molar-refractivity contribution < 1.29 is 0 Å². The largest absolute Gasteiger partial charge is 0.310 e. The van der Waals surface area contributed by atoms with Gasteiger partial charge in [0.05, 0.1) is 0 Å². The molecule has 2 heteroatoms. The van der Waals surface area contributed by atoms with Crippen molar-refractivity contribution in [3.63, 3.8) is 0 Å². The van der Waals surface area contributed by atoms with Gasteiger partial charge >= 0.3 is 0 Å². The highest BCUT2D eigenvalue weighted by atomic mass is 15.2. The van der Waals surface area contributed by atoms with E-state index in [0.717, 1.165) is 22.7 Å². The minimum absolute atomic E-state index is 0.104. The lowest BCUT2D eigenvalue weighted by Crippen LogP contribution is -2.19. The third-order valence-electron chi connectivity index (χ3n) is 15.8. The minimum atomic E-state index is -0.104. The summed E-state index contributed by atoms with van der Waals surface area (Å²) in [6.45, 7) is 13.9.